The fourth-order valence-corrected chi connectivity index (χ4v) is 5.17. The van der Waals surface area contributed by atoms with Crippen LogP contribution in [0.5, 0.6) is 5.75 Å². The predicted molar refractivity (Wildman–Crippen MR) is 138 cm³/mol. The number of hydrogen-bond acceptors (Lipinski definition) is 5. The van der Waals surface area contributed by atoms with Crippen molar-refractivity contribution in [1.29, 1.82) is 0 Å². The smallest absolute Gasteiger partial charge is 0.303 e. The van der Waals surface area contributed by atoms with Gasteiger partial charge in [-0.05, 0) is 74.5 Å². The number of piperidine rings is 1. The van der Waals surface area contributed by atoms with Gasteiger partial charge in [-0.1, -0.05) is 23.4 Å². The number of rotatable bonds is 8. The molecule has 3 heterocycles. The minimum atomic E-state index is -1.34. The fraction of sp³-hybridized carbons (Fsp3) is 0.393. The Kier molecular flexibility index (Phi) is 8.40. The van der Waals surface area contributed by atoms with Gasteiger partial charge in [-0.25, -0.2) is 4.39 Å². The summed E-state index contributed by atoms with van der Waals surface area (Å²) < 4.78 is 21.0. The summed E-state index contributed by atoms with van der Waals surface area (Å²) in [4.78, 5) is 22.2. The molecule has 36 heavy (non-hydrogen) atoms. The zero-order valence-corrected chi connectivity index (χ0v) is 21.0. The first-order valence-corrected chi connectivity index (χ1v) is 12.4. The number of pyridine rings is 2. The molecule has 188 valence electrons. The van der Waals surface area contributed by atoms with E-state index in [0.29, 0.717) is 48.0 Å². The zero-order valence-electron chi connectivity index (χ0n) is 20.2. The third kappa shape index (κ3) is 6.31. The molecule has 1 N–H and O–H groups in total. The fourth-order valence-electron chi connectivity index (χ4n) is 4.90. The van der Waals surface area contributed by atoms with Crippen LogP contribution < -0.4 is 4.74 Å². The van der Waals surface area contributed by atoms with Crippen molar-refractivity contribution < 1.29 is 19.0 Å². The molecule has 0 saturated carbocycles. The largest absolute Gasteiger partial charge is 0.497 e. The van der Waals surface area contributed by atoms with Gasteiger partial charge in [0.25, 0.3) is 0 Å². The number of ether oxygens (including phenoxy) is 1. The summed E-state index contributed by atoms with van der Waals surface area (Å²) >= 11 is 6.39. The standard InChI is InChI=1S/C28H29ClFN3O3/c1-36-21-4-5-25-22(17-21)27(23(29)19-32-25)24(30)6-9-28(18-26(34)35)10-15-33(16-11-28)14-2-3-20-7-12-31-13-8-20/h4-5,7-8,12-13,17,19,24H,6,9-11,14-16,18H2,1H3,(H,34,35)/t24-/m0/s1. The van der Waals surface area contributed by atoms with E-state index in [0.717, 1.165) is 18.7 Å². The highest BCUT2D eigenvalue weighted by Crippen LogP contribution is 2.44. The molecule has 1 fully saturated rings. The molecule has 1 aliphatic rings. The lowest BCUT2D eigenvalue weighted by Crippen LogP contribution is -2.41. The molecule has 1 aliphatic heterocycles. The van der Waals surface area contributed by atoms with Crippen LogP contribution in [0, 0.1) is 17.3 Å². The Bertz CT molecular complexity index is 1270. The Morgan fingerprint density at radius 2 is 2.03 bits per heavy atom. The highest BCUT2D eigenvalue weighted by atomic mass is 35.5. The number of nitrogens with zero attached hydrogens (tertiary/aromatic N) is 3. The van der Waals surface area contributed by atoms with Crippen molar-refractivity contribution >= 4 is 28.5 Å². The zero-order chi connectivity index (χ0) is 25.5. The maximum Gasteiger partial charge on any atom is 0.303 e. The third-order valence-corrected chi connectivity index (χ3v) is 7.27. The van der Waals surface area contributed by atoms with Crippen molar-refractivity contribution in [2.45, 2.75) is 38.3 Å². The summed E-state index contributed by atoms with van der Waals surface area (Å²) in [5.41, 5.74) is 1.48. The lowest BCUT2D eigenvalue weighted by Gasteiger charge is -2.41. The van der Waals surface area contributed by atoms with Crippen LogP contribution in [0.15, 0.2) is 48.9 Å². The summed E-state index contributed by atoms with van der Waals surface area (Å²) in [6, 6.07) is 9.03. The molecule has 3 aromatic rings. The van der Waals surface area contributed by atoms with E-state index in [1.54, 1.807) is 37.7 Å². The van der Waals surface area contributed by atoms with Crippen LogP contribution in [0.25, 0.3) is 10.9 Å². The number of carbonyl (C=O) groups is 1. The maximum absolute atomic E-state index is 15.7. The van der Waals surface area contributed by atoms with E-state index in [1.165, 1.54) is 6.20 Å². The van der Waals surface area contributed by atoms with E-state index in [1.807, 2.05) is 12.1 Å². The summed E-state index contributed by atoms with van der Waals surface area (Å²) in [5.74, 6) is 6.06. The summed E-state index contributed by atoms with van der Waals surface area (Å²) in [6.45, 7) is 2.06. The highest BCUT2D eigenvalue weighted by Gasteiger charge is 2.37. The number of carboxylic acid groups (broad SMARTS) is 1. The van der Waals surface area contributed by atoms with Gasteiger partial charge in [0.15, 0.2) is 0 Å². The van der Waals surface area contributed by atoms with Gasteiger partial charge in [0, 0.05) is 35.1 Å². The van der Waals surface area contributed by atoms with Crippen molar-refractivity contribution in [1.82, 2.24) is 14.9 Å². The summed E-state index contributed by atoms with van der Waals surface area (Å²) in [7, 11) is 1.55. The molecule has 0 aliphatic carbocycles. The van der Waals surface area contributed by atoms with Gasteiger partial charge in [0.1, 0.15) is 11.9 Å². The molecule has 0 bridgehead atoms. The second kappa shape index (κ2) is 11.7. The molecule has 0 unspecified atom stereocenters. The topological polar surface area (TPSA) is 75.6 Å². The number of alkyl halides is 1. The predicted octanol–water partition coefficient (Wildman–Crippen LogP) is 5.69. The minimum absolute atomic E-state index is 0.0227. The second-order valence-corrected chi connectivity index (χ2v) is 9.70. The van der Waals surface area contributed by atoms with E-state index in [2.05, 4.69) is 26.7 Å². The second-order valence-electron chi connectivity index (χ2n) is 9.29. The van der Waals surface area contributed by atoms with Gasteiger partial charge >= 0.3 is 5.97 Å². The number of benzene rings is 1. The molecule has 8 heteroatoms. The number of halogens is 2. The number of carboxylic acids is 1. The first-order valence-electron chi connectivity index (χ1n) is 12.0. The number of hydrogen-bond donors (Lipinski definition) is 1. The van der Waals surface area contributed by atoms with Crippen molar-refractivity contribution in [3.05, 3.63) is 65.1 Å². The quantitative estimate of drug-likeness (QED) is 0.393. The Labute approximate surface area is 215 Å². The van der Waals surface area contributed by atoms with Gasteiger partial charge in [-0.15, -0.1) is 0 Å². The van der Waals surface area contributed by atoms with E-state index in [-0.39, 0.29) is 17.9 Å². The van der Waals surface area contributed by atoms with Crippen molar-refractivity contribution in [3.63, 3.8) is 0 Å². The van der Waals surface area contributed by atoms with Crippen LogP contribution in [0.2, 0.25) is 5.02 Å². The lowest BCUT2D eigenvalue weighted by atomic mass is 9.71. The van der Waals surface area contributed by atoms with E-state index in [9.17, 15) is 9.90 Å². The maximum atomic E-state index is 15.7. The normalized spacial score (nSPS) is 16.2. The Morgan fingerprint density at radius 1 is 1.28 bits per heavy atom. The van der Waals surface area contributed by atoms with Gasteiger partial charge in [-0.2, -0.15) is 0 Å². The molecule has 0 amide bonds. The SMILES string of the molecule is COc1ccc2ncc(Cl)c([C@@H](F)CCC3(CC(=O)O)CCN(CC#Cc4ccncc4)CC3)c2c1. The van der Waals surface area contributed by atoms with E-state index < -0.39 is 17.6 Å². The molecule has 4 rings (SSSR count). The van der Waals surface area contributed by atoms with Gasteiger partial charge in [0.05, 0.1) is 30.6 Å². The van der Waals surface area contributed by atoms with E-state index in [4.69, 9.17) is 16.3 Å². The van der Waals surface area contributed by atoms with E-state index >= 15 is 4.39 Å². The molecular formula is C28H29ClFN3O3. The van der Waals surface area contributed by atoms with Crippen molar-refractivity contribution in [2.24, 2.45) is 5.41 Å². The Hall–Kier alpha value is -3.21. The van der Waals surface area contributed by atoms with Crippen LogP contribution in [-0.2, 0) is 4.79 Å². The number of aliphatic carboxylic acids is 1. The van der Waals surface area contributed by atoms with Crippen LogP contribution in [0.1, 0.15) is 49.4 Å². The summed E-state index contributed by atoms with van der Waals surface area (Å²) in [6.07, 6.45) is 5.58. The first kappa shape index (κ1) is 25.9. The highest BCUT2D eigenvalue weighted by molar-refractivity contribution is 6.32. The molecule has 6 nitrogen and oxygen atoms in total. The molecule has 1 saturated heterocycles. The minimum Gasteiger partial charge on any atom is -0.497 e. The van der Waals surface area contributed by atoms with Crippen LogP contribution in [0.4, 0.5) is 4.39 Å². The summed E-state index contributed by atoms with van der Waals surface area (Å²) in [5, 5.41) is 10.5. The lowest BCUT2D eigenvalue weighted by molar-refractivity contribution is -0.141. The Morgan fingerprint density at radius 3 is 2.72 bits per heavy atom. The Balaban J connectivity index is 1.43. The molecule has 2 aromatic heterocycles. The van der Waals surface area contributed by atoms with Crippen molar-refractivity contribution in [3.8, 4) is 17.6 Å². The third-order valence-electron chi connectivity index (χ3n) is 6.97. The number of methoxy groups -OCH3 is 1. The molecule has 1 aromatic carbocycles. The number of fused-ring (bicyclic) bond motifs is 1. The van der Waals surface area contributed by atoms with Crippen LogP contribution >= 0.6 is 11.6 Å². The average Bonchev–Trinajstić information content (AvgIpc) is 2.88. The molecule has 0 radical (unpaired) electrons. The molecule has 0 spiro atoms. The average molecular weight is 510 g/mol. The number of likely N-dealkylation sites (tertiary alicyclic amines) is 1. The first-order chi connectivity index (χ1) is 17.4. The van der Waals surface area contributed by atoms with Gasteiger partial charge in [-0.3, -0.25) is 19.7 Å². The molecular weight excluding hydrogens is 481 g/mol. The molecule has 1 atom stereocenters. The van der Waals surface area contributed by atoms with Gasteiger partial charge in [0.2, 0.25) is 0 Å². The van der Waals surface area contributed by atoms with Crippen LogP contribution in [-0.4, -0.2) is 52.7 Å². The number of aromatic nitrogens is 2. The van der Waals surface area contributed by atoms with Crippen LogP contribution in [0.3, 0.4) is 0 Å². The monoisotopic (exact) mass is 509 g/mol. The van der Waals surface area contributed by atoms with Gasteiger partial charge < -0.3 is 9.84 Å². The van der Waals surface area contributed by atoms with Crippen molar-refractivity contribution in [2.75, 3.05) is 26.7 Å².